The molecule has 0 spiro atoms. The molecule has 1 fully saturated rings. The number of ether oxygens (including phenoxy) is 2. The Labute approximate surface area is 109 Å². The molecule has 2 rings (SSSR count). The quantitative estimate of drug-likeness (QED) is 0.621. The van der Waals surface area contributed by atoms with Crippen molar-refractivity contribution < 1.29 is 13.9 Å². The highest BCUT2D eigenvalue weighted by Gasteiger charge is 2.62. The van der Waals surface area contributed by atoms with Gasteiger partial charge in [0.15, 0.2) is 8.32 Å². The van der Waals surface area contributed by atoms with E-state index >= 15 is 0 Å². The molecule has 1 aromatic heterocycles. The van der Waals surface area contributed by atoms with Crippen LogP contribution in [0, 0.1) is 0 Å². The van der Waals surface area contributed by atoms with Crippen LogP contribution in [0.5, 0.6) is 0 Å². The average Bonchev–Trinajstić information content (AvgIpc) is 2.33. The summed E-state index contributed by atoms with van der Waals surface area (Å²) in [6.45, 7) is 8.93. The summed E-state index contributed by atoms with van der Waals surface area (Å²) < 4.78 is 17.7. The van der Waals surface area contributed by atoms with Crippen molar-refractivity contribution in [2.24, 2.45) is 0 Å². The normalized spacial score (nSPS) is 32.1. The van der Waals surface area contributed by atoms with Crippen molar-refractivity contribution in [2.75, 3.05) is 13.7 Å². The number of pyridine rings is 1. The van der Waals surface area contributed by atoms with Gasteiger partial charge in [-0.3, -0.25) is 4.98 Å². The number of aromatic nitrogens is 1. The smallest absolute Gasteiger partial charge is 0.216 e. The SMILES string of the molecule is COC1(O[Si](C)(C)C)COC1(C)c1ccncc1. The van der Waals surface area contributed by atoms with Crippen molar-refractivity contribution in [1.29, 1.82) is 0 Å². The Kier molecular flexibility index (Phi) is 3.35. The van der Waals surface area contributed by atoms with Crippen LogP contribution in [0.1, 0.15) is 12.5 Å². The van der Waals surface area contributed by atoms with E-state index in [-0.39, 0.29) is 0 Å². The summed E-state index contributed by atoms with van der Waals surface area (Å²) in [5.41, 5.74) is 0.467. The van der Waals surface area contributed by atoms with Crippen molar-refractivity contribution in [3.63, 3.8) is 0 Å². The standard InChI is InChI=1S/C13H21NO3Si/c1-12(11-6-8-14-9-7-11)13(15-2,10-16-12)17-18(3,4)5/h6-9H,10H2,1-5H3. The second-order valence-electron chi connectivity index (χ2n) is 5.73. The lowest BCUT2D eigenvalue weighted by atomic mass is 9.83. The van der Waals surface area contributed by atoms with E-state index in [0.717, 1.165) is 5.56 Å². The predicted molar refractivity (Wildman–Crippen MR) is 71.7 cm³/mol. The average molecular weight is 267 g/mol. The Hall–Kier alpha value is -0.753. The maximum Gasteiger partial charge on any atom is 0.216 e. The minimum Gasteiger partial charge on any atom is -0.387 e. The molecule has 1 aromatic rings. The monoisotopic (exact) mass is 267 g/mol. The lowest BCUT2D eigenvalue weighted by Crippen LogP contribution is -2.69. The van der Waals surface area contributed by atoms with Gasteiger partial charge in [-0.15, -0.1) is 0 Å². The minimum atomic E-state index is -1.73. The van der Waals surface area contributed by atoms with Crippen LogP contribution in [0.2, 0.25) is 19.6 Å². The predicted octanol–water partition coefficient (Wildman–Crippen LogP) is 2.52. The highest BCUT2D eigenvalue weighted by Crippen LogP contribution is 2.49. The number of hydrogen-bond acceptors (Lipinski definition) is 4. The van der Waals surface area contributed by atoms with E-state index in [2.05, 4.69) is 24.6 Å². The summed E-state index contributed by atoms with van der Waals surface area (Å²) in [5.74, 6) is -0.682. The van der Waals surface area contributed by atoms with Gasteiger partial charge in [0.25, 0.3) is 0 Å². The van der Waals surface area contributed by atoms with E-state index in [0.29, 0.717) is 6.61 Å². The molecule has 0 aliphatic carbocycles. The van der Waals surface area contributed by atoms with E-state index in [1.165, 1.54) is 0 Å². The Morgan fingerprint density at radius 3 is 2.28 bits per heavy atom. The molecule has 0 aromatic carbocycles. The molecule has 2 atom stereocenters. The summed E-state index contributed by atoms with van der Waals surface area (Å²) in [4.78, 5) is 4.04. The van der Waals surface area contributed by atoms with Gasteiger partial charge >= 0.3 is 0 Å². The molecular formula is C13H21NO3Si. The zero-order valence-corrected chi connectivity index (χ0v) is 12.7. The summed E-state index contributed by atoms with van der Waals surface area (Å²) in [7, 11) is -0.0430. The van der Waals surface area contributed by atoms with E-state index in [4.69, 9.17) is 13.9 Å². The Morgan fingerprint density at radius 2 is 1.89 bits per heavy atom. The topological polar surface area (TPSA) is 40.6 Å². The number of methoxy groups -OCH3 is 1. The lowest BCUT2D eigenvalue weighted by molar-refractivity contribution is -0.396. The molecule has 2 unspecified atom stereocenters. The molecular weight excluding hydrogens is 246 g/mol. The molecule has 0 bridgehead atoms. The largest absolute Gasteiger partial charge is 0.387 e. The molecule has 18 heavy (non-hydrogen) atoms. The van der Waals surface area contributed by atoms with Gasteiger partial charge in [-0.05, 0) is 44.3 Å². The first-order chi connectivity index (χ1) is 8.33. The fraction of sp³-hybridized carbons (Fsp3) is 0.615. The summed E-state index contributed by atoms with van der Waals surface area (Å²) in [5, 5.41) is 0. The fourth-order valence-corrected chi connectivity index (χ4v) is 3.62. The highest BCUT2D eigenvalue weighted by atomic mass is 28.4. The number of nitrogens with zero attached hydrogens (tertiary/aromatic N) is 1. The highest BCUT2D eigenvalue weighted by molar-refractivity contribution is 6.69. The molecule has 0 amide bonds. The fourth-order valence-electron chi connectivity index (χ4n) is 2.30. The number of hydrogen-bond donors (Lipinski definition) is 0. The first-order valence-electron chi connectivity index (χ1n) is 6.13. The van der Waals surface area contributed by atoms with Crippen molar-refractivity contribution >= 4 is 8.32 Å². The molecule has 5 heteroatoms. The van der Waals surface area contributed by atoms with E-state index in [9.17, 15) is 0 Å². The van der Waals surface area contributed by atoms with Crippen LogP contribution in [0.4, 0.5) is 0 Å². The molecule has 2 heterocycles. The summed E-state index contributed by atoms with van der Waals surface area (Å²) in [6, 6.07) is 3.89. The van der Waals surface area contributed by atoms with Gasteiger partial charge in [0.2, 0.25) is 5.79 Å². The minimum absolute atomic E-state index is 0.465. The first-order valence-corrected chi connectivity index (χ1v) is 9.54. The zero-order valence-electron chi connectivity index (χ0n) is 11.7. The van der Waals surface area contributed by atoms with Crippen LogP contribution in [-0.2, 0) is 19.5 Å². The molecule has 0 saturated carbocycles. The van der Waals surface area contributed by atoms with E-state index < -0.39 is 19.7 Å². The zero-order chi connectivity index (χ0) is 13.4. The van der Waals surface area contributed by atoms with Gasteiger partial charge in [-0.1, -0.05) is 0 Å². The van der Waals surface area contributed by atoms with E-state index in [1.807, 2.05) is 19.1 Å². The summed E-state index contributed by atoms with van der Waals surface area (Å²) in [6.07, 6.45) is 3.52. The van der Waals surface area contributed by atoms with Gasteiger partial charge < -0.3 is 13.9 Å². The molecule has 1 aliphatic heterocycles. The second-order valence-corrected chi connectivity index (χ2v) is 10.2. The van der Waals surface area contributed by atoms with Crippen LogP contribution in [-0.4, -0.2) is 32.8 Å². The van der Waals surface area contributed by atoms with Gasteiger partial charge in [0, 0.05) is 19.5 Å². The summed E-state index contributed by atoms with van der Waals surface area (Å²) >= 11 is 0. The van der Waals surface area contributed by atoms with Crippen LogP contribution < -0.4 is 0 Å². The van der Waals surface area contributed by atoms with Gasteiger partial charge in [0.1, 0.15) is 12.2 Å². The third kappa shape index (κ3) is 2.12. The van der Waals surface area contributed by atoms with Crippen LogP contribution in [0.15, 0.2) is 24.5 Å². The maximum atomic E-state index is 6.25. The lowest BCUT2D eigenvalue weighted by Gasteiger charge is -2.57. The Balaban J connectivity index is 2.33. The number of rotatable bonds is 4. The van der Waals surface area contributed by atoms with Crippen molar-refractivity contribution in [3.05, 3.63) is 30.1 Å². The van der Waals surface area contributed by atoms with Gasteiger partial charge in [0.05, 0.1) is 0 Å². The van der Waals surface area contributed by atoms with Gasteiger partial charge in [-0.2, -0.15) is 0 Å². The molecule has 1 saturated heterocycles. The van der Waals surface area contributed by atoms with Crippen molar-refractivity contribution in [2.45, 2.75) is 38.0 Å². The van der Waals surface area contributed by atoms with Gasteiger partial charge in [-0.25, -0.2) is 0 Å². The molecule has 0 N–H and O–H groups in total. The third-order valence-corrected chi connectivity index (χ3v) is 4.25. The van der Waals surface area contributed by atoms with Crippen LogP contribution >= 0.6 is 0 Å². The second kappa shape index (κ2) is 4.42. The molecule has 1 aliphatic rings. The Morgan fingerprint density at radius 1 is 1.28 bits per heavy atom. The Bertz CT molecular complexity index is 416. The van der Waals surface area contributed by atoms with Crippen LogP contribution in [0.25, 0.3) is 0 Å². The van der Waals surface area contributed by atoms with Crippen molar-refractivity contribution in [1.82, 2.24) is 4.98 Å². The first kappa shape index (κ1) is 13.7. The molecule has 0 radical (unpaired) electrons. The third-order valence-electron chi connectivity index (χ3n) is 3.31. The molecule has 4 nitrogen and oxygen atoms in total. The van der Waals surface area contributed by atoms with Crippen molar-refractivity contribution in [3.8, 4) is 0 Å². The van der Waals surface area contributed by atoms with Crippen LogP contribution in [0.3, 0.4) is 0 Å². The molecule has 100 valence electrons. The van der Waals surface area contributed by atoms with E-state index in [1.54, 1.807) is 19.5 Å². The maximum absolute atomic E-state index is 6.25.